The monoisotopic (exact) mass is 691 g/mol. The van der Waals surface area contributed by atoms with Gasteiger partial charge in [0.2, 0.25) is 35.9 Å². The van der Waals surface area contributed by atoms with Crippen molar-refractivity contribution in [3.05, 3.63) is 0 Å². The number of hydrogen-bond acceptors (Lipinski definition) is 12. The number of carbonyl (C=O) groups excluding carboxylic acids is 6. The molecule has 19 heteroatoms. The van der Waals surface area contributed by atoms with Gasteiger partial charge in [-0.15, -0.1) is 0 Å². The third-order valence-electron chi connectivity index (χ3n) is 6.55. The molecule has 9 N–H and O–H groups in total. The van der Waals surface area contributed by atoms with Crippen LogP contribution < -0.4 is 37.6 Å². The van der Waals surface area contributed by atoms with E-state index in [1.54, 1.807) is 14.0 Å². The Kier molecular flexibility index (Phi) is 26.9. The molecule has 0 aromatic heterocycles. The van der Waals surface area contributed by atoms with Gasteiger partial charge in [-0.25, -0.2) is 4.79 Å². The molecule has 19 nitrogen and oxygen atoms in total. The molecule has 3 atom stereocenters. The highest BCUT2D eigenvalue weighted by molar-refractivity contribution is 5.89. The number of likely N-dealkylation sites (N-methyl/N-ethyl adjacent to an activating group) is 1. The summed E-state index contributed by atoms with van der Waals surface area (Å²) in [6, 6.07) is -2.30. The molecule has 276 valence electrons. The zero-order valence-corrected chi connectivity index (χ0v) is 27.8. The molecule has 0 radical (unpaired) electrons. The minimum Gasteiger partial charge on any atom is -0.480 e. The van der Waals surface area contributed by atoms with Crippen LogP contribution >= 0.6 is 0 Å². The van der Waals surface area contributed by atoms with Gasteiger partial charge in [0.1, 0.15) is 25.3 Å². The summed E-state index contributed by atoms with van der Waals surface area (Å²) in [5, 5.41) is 24.5. The average molecular weight is 692 g/mol. The van der Waals surface area contributed by atoms with E-state index in [4.69, 9.17) is 29.8 Å². The topological polar surface area (TPSA) is 275 Å². The Morgan fingerprint density at radius 2 is 1.25 bits per heavy atom. The maximum atomic E-state index is 12.3. The van der Waals surface area contributed by atoms with E-state index >= 15 is 0 Å². The number of amides is 6. The first-order chi connectivity index (χ1) is 23.0. The van der Waals surface area contributed by atoms with Gasteiger partial charge in [0, 0.05) is 26.1 Å². The van der Waals surface area contributed by atoms with Crippen molar-refractivity contribution < 1.29 is 57.6 Å². The van der Waals surface area contributed by atoms with E-state index in [0.29, 0.717) is 32.2 Å². The first-order valence-corrected chi connectivity index (χ1v) is 15.9. The summed E-state index contributed by atoms with van der Waals surface area (Å²) in [7, 11) is 1.66. The van der Waals surface area contributed by atoms with Gasteiger partial charge >= 0.3 is 5.97 Å². The molecule has 0 aromatic carbocycles. The van der Waals surface area contributed by atoms with E-state index in [1.165, 1.54) is 0 Å². The maximum Gasteiger partial charge on any atom is 0.326 e. The zero-order chi connectivity index (χ0) is 36.0. The SMILES string of the molecule is CC[C@H](NC(=O)C(CCCCNC(=O)COCCOCCNC(=O)COCCOCCNC(=O)CCC(NC=O)C(=O)O)NC)C(N)=O. The molecule has 0 bridgehead atoms. The number of carboxylic acids is 1. The molecule has 0 aliphatic carbocycles. The average Bonchev–Trinajstić information content (AvgIpc) is 3.05. The standard InChI is InChI=1S/C29H53N7O12/c1-3-21(27(30)41)36-28(42)22(31-2)6-4-5-9-32-25(39)18-47-16-15-46-13-11-34-26(40)19-48-17-14-45-12-10-33-24(38)8-7-23(29(43)44)35-20-37/h20-23,31H,3-19H2,1-2H3,(H2,30,41)(H,32,39)(H,33,38)(H,34,40)(H,35,37)(H,36,42)(H,43,44)/t21-,22?,23?/m0/s1. The van der Waals surface area contributed by atoms with Gasteiger partial charge in [0.15, 0.2) is 0 Å². The number of nitrogens with two attached hydrogens (primary N) is 1. The molecule has 0 aliphatic rings. The minimum atomic E-state index is -1.22. The number of nitrogens with one attached hydrogen (secondary N) is 6. The Hall–Kier alpha value is -3.91. The molecule has 48 heavy (non-hydrogen) atoms. The van der Waals surface area contributed by atoms with Crippen molar-refractivity contribution in [1.29, 1.82) is 0 Å². The number of hydrogen-bond donors (Lipinski definition) is 8. The van der Waals surface area contributed by atoms with Crippen LogP contribution in [0.4, 0.5) is 0 Å². The molecular formula is C29H53N7O12. The number of aliphatic carboxylic acids is 1. The van der Waals surface area contributed by atoms with Gasteiger partial charge in [-0.05, 0) is 39.2 Å². The Balaban J connectivity index is 3.63. The second-order valence-corrected chi connectivity index (χ2v) is 10.3. The second-order valence-electron chi connectivity index (χ2n) is 10.3. The first kappa shape index (κ1) is 44.1. The molecule has 0 fully saturated rings. The lowest BCUT2D eigenvalue weighted by molar-refractivity contribution is -0.141. The highest BCUT2D eigenvalue weighted by atomic mass is 16.5. The number of primary amides is 1. The fraction of sp³-hybridized carbons (Fsp3) is 0.759. The molecular weight excluding hydrogens is 638 g/mol. The largest absolute Gasteiger partial charge is 0.480 e. The van der Waals surface area contributed by atoms with Crippen LogP contribution in [0, 0.1) is 0 Å². The normalized spacial score (nSPS) is 12.6. The zero-order valence-electron chi connectivity index (χ0n) is 27.8. The Bertz CT molecular complexity index is 973. The van der Waals surface area contributed by atoms with E-state index in [2.05, 4.69) is 31.9 Å². The quantitative estimate of drug-likeness (QED) is 0.0252. The first-order valence-electron chi connectivity index (χ1n) is 15.9. The summed E-state index contributed by atoms with van der Waals surface area (Å²) in [6.07, 6.45) is 2.44. The van der Waals surface area contributed by atoms with Crippen molar-refractivity contribution in [2.24, 2.45) is 5.73 Å². The molecule has 2 unspecified atom stereocenters. The summed E-state index contributed by atoms with van der Waals surface area (Å²) in [5.41, 5.74) is 5.27. The Labute approximate surface area is 280 Å². The number of ether oxygens (including phenoxy) is 4. The van der Waals surface area contributed by atoms with Gasteiger partial charge in [-0.3, -0.25) is 28.8 Å². The van der Waals surface area contributed by atoms with Crippen molar-refractivity contribution in [3.8, 4) is 0 Å². The predicted molar refractivity (Wildman–Crippen MR) is 170 cm³/mol. The summed E-state index contributed by atoms with van der Waals surface area (Å²) in [5.74, 6) is -3.07. The molecule has 0 rings (SSSR count). The molecule has 0 spiro atoms. The van der Waals surface area contributed by atoms with E-state index in [1.807, 2.05) is 0 Å². The van der Waals surface area contributed by atoms with Crippen LogP contribution in [0.25, 0.3) is 0 Å². The smallest absolute Gasteiger partial charge is 0.326 e. The molecule has 0 heterocycles. The third kappa shape index (κ3) is 24.3. The molecule has 0 aromatic rings. The fourth-order valence-electron chi connectivity index (χ4n) is 3.88. The highest BCUT2D eigenvalue weighted by Gasteiger charge is 2.21. The Morgan fingerprint density at radius 1 is 0.708 bits per heavy atom. The third-order valence-corrected chi connectivity index (χ3v) is 6.55. The van der Waals surface area contributed by atoms with E-state index in [9.17, 15) is 33.6 Å². The van der Waals surface area contributed by atoms with Crippen molar-refractivity contribution >= 4 is 41.9 Å². The summed E-state index contributed by atoms with van der Waals surface area (Å²) >= 11 is 0. The van der Waals surface area contributed by atoms with Crippen LogP contribution in [-0.4, -0.2) is 145 Å². The van der Waals surface area contributed by atoms with Gasteiger partial charge in [-0.2, -0.15) is 0 Å². The fourth-order valence-corrected chi connectivity index (χ4v) is 3.88. The van der Waals surface area contributed by atoms with Crippen molar-refractivity contribution in [2.45, 2.75) is 63.6 Å². The number of rotatable bonds is 32. The summed E-state index contributed by atoms with van der Waals surface area (Å²) < 4.78 is 21.1. The minimum absolute atomic E-state index is 0.0344. The lowest BCUT2D eigenvalue weighted by atomic mass is 10.1. The number of carbonyl (C=O) groups is 7. The van der Waals surface area contributed by atoms with E-state index < -0.39 is 30.0 Å². The van der Waals surface area contributed by atoms with E-state index in [0.717, 1.165) is 0 Å². The van der Waals surface area contributed by atoms with Gasteiger partial charge in [0.05, 0.1) is 45.7 Å². The predicted octanol–water partition coefficient (Wildman–Crippen LogP) is -3.48. The molecule has 0 aliphatic heterocycles. The van der Waals surface area contributed by atoms with Crippen molar-refractivity contribution in [1.82, 2.24) is 31.9 Å². The van der Waals surface area contributed by atoms with Crippen LogP contribution in [0.5, 0.6) is 0 Å². The van der Waals surface area contributed by atoms with Gasteiger partial charge in [-0.1, -0.05) is 6.92 Å². The highest BCUT2D eigenvalue weighted by Crippen LogP contribution is 2.02. The lowest BCUT2D eigenvalue weighted by Crippen LogP contribution is -2.50. The van der Waals surface area contributed by atoms with Crippen LogP contribution in [0.15, 0.2) is 0 Å². The molecule has 0 saturated heterocycles. The lowest BCUT2D eigenvalue weighted by Gasteiger charge is -2.19. The molecule has 6 amide bonds. The van der Waals surface area contributed by atoms with Crippen molar-refractivity contribution in [2.75, 3.05) is 79.5 Å². The number of unbranched alkanes of at least 4 members (excludes halogenated alkanes) is 1. The van der Waals surface area contributed by atoms with E-state index in [-0.39, 0.29) is 109 Å². The second kappa shape index (κ2) is 29.2. The molecule has 0 saturated carbocycles. The van der Waals surface area contributed by atoms with Gasteiger partial charge in [0.25, 0.3) is 0 Å². The van der Waals surface area contributed by atoms with Gasteiger partial charge < -0.3 is 61.7 Å². The Morgan fingerprint density at radius 3 is 1.75 bits per heavy atom. The summed E-state index contributed by atoms with van der Waals surface area (Å²) in [6.45, 7) is 3.60. The van der Waals surface area contributed by atoms with Crippen LogP contribution in [-0.2, 0) is 52.5 Å². The maximum absolute atomic E-state index is 12.3. The number of carboxylic acid groups (broad SMARTS) is 1. The van der Waals surface area contributed by atoms with Crippen LogP contribution in [0.2, 0.25) is 0 Å². The van der Waals surface area contributed by atoms with Crippen LogP contribution in [0.3, 0.4) is 0 Å². The van der Waals surface area contributed by atoms with Crippen molar-refractivity contribution in [3.63, 3.8) is 0 Å². The van der Waals surface area contributed by atoms with Crippen LogP contribution in [0.1, 0.15) is 45.4 Å². The summed E-state index contributed by atoms with van der Waals surface area (Å²) in [4.78, 5) is 80.3.